The fraction of sp³-hybridized carbons (Fsp3) is 0.500. The summed E-state index contributed by atoms with van der Waals surface area (Å²) < 4.78 is 21.7. The van der Waals surface area contributed by atoms with Crippen LogP contribution in [0.3, 0.4) is 0 Å². The maximum absolute atomic E-state index is 10.9. The van der Waals surface area contributed by atoms with Crippen molar-refractivity contribution < 1.29 is 18.0 Å². The molecule has 2 N–H and O–H groups in total. The van der Waals surface area contributed by atoms with Gasteiger partial charge in [-0.25, -0.2) is 9.44 Å². The Labute approximate surface area is 73.3 Å². The minimum absolute atomic E-state index is 0.0337. The Bertz CT molecular complexity index is 322. The van der Waals surface area contributed by atoms with Gasteiger partial charge in [0.15, 0.2) is 0 Å². The van der Waals surface area contributed by atoms with Gasteiger partial charge < -0.3 is 0 Å². The lowest BCUT2D eigenvalue weighted by Crippen LogP contribution is -2.47. The van der Waals surface area contributed by atoms with Gasteiger partial charge in [-0.3, -0.25) is 9.59 Å². The van der Waals surface area contributed by atoms with Gasteiger partial charge in [0.2, 0.25) is 0 Å². The number of nitrogens with two attached hydrogens (primary N) is 1. The van der Waals surface area contributed by atoms with Gasteiger partial charge in [-0.05, 0) is 0 Å². The molecule has 1 rings (SSSR count). The Morgan fingerprint density at radius 2 is 2.00 bits per heavy atom. The van der Waals surface area contributed by atoms with Crippen molar-refractivity contribution in [3.8, 4) is 0 Å². The van der Waals surface area contributed by atoms with Crippen molar-refractivity contribution in [3.05, 3.63) is 0 Å². The topological polar surface area (TPSA) is 97.5 Å². The summed E-state index contributed by atoms with van der Waals surface area (Å²) in [6.07, 6.45) is 0. The van der Waals surface area contributed by atoms with E-state index in [1.807, 2.05) is 0 Å². The van der Waals surface area contributed by atoms with E-state index in [-0.39, 0.29) is 12.3 Å². The van der Waals surface area contributed by atoms with Crippen LogP contribution in [0.2, 0.25) is 0 Å². The first-order chi connectivity index (χ1) is 5.43. The number of rotatable bonds is 1. The zero-order valence-corrected chi connectivity index (χ0v) is 7.52. The van der Waals surface area contributed by atoms with Crippen LogP contribution in [0, 0.1) is 0 Å². The second-order valence-electron chi connectivity index (χ2n) is 2.06. The molecule has 0 aromatic heterocycles. The number of carbonyl (C=O) groups excluding carboxylic acids is 2. The van der Waals surface area contributed by atoms with E-state index in [9.17, 15) is 18.0 Å². The number of thioether (sulfide) groups is 1. The van der Waals surface area contributed by atoms with Gasteiger partial charge in [0.05, 0.1) is 0 Å². The number of nitrogens with zero attached hydrogens (tertiary/aromatic N) is 1. The third-order valence-corrected chi connectivity index (χ3v) is 3.02. The first-order valence-electron chi connectivity index (χ1n) is 2.94. The Morgan fingerprint density at radius 1 is 1.42 bits per heavy atom. The molecule has 1 fully saturated rings. The Balaban J connectivity index is 2.93. The van der Waals surface area contributed by atoms with E-state index in [1.54, 1.807) is 0 Å². The molecule has 1 aliphatic rings. The maximum atomic E-state index is 10.9. The monoisotopic (exact) mass is 210 g/mol. The molecule has 0 saturated carbocycles. The first kappa shape index (κ1) is 9.49. The van der Waals surface area contributed by atoms with Crippen molar-refractivity contribution in [3.63, 3.8) is 0 Å². The number of hydrogen-bond acceptors (Lipinski definition) is 5. The summed E-state index contributed by atoms with van der Waals surface area (Å²) in [7, 11) is -4.06. The summed E-state index contributed by atoms with van der Waals surface area (Å²) in [6, 6.07) is 0. The maximum Gasteiger partial charge on any atom is 0.315 e. The highest BCUT2D eigenvalue weighted by Gasteiger charge is 2.33. The molecule has 1 aliphatic heterocycles. The molecule has 1 heterocycles. The Hall–Kier alpha value is -0.600. The lowest BCUT2D eigenvalue weighted by atomic mass is 10.6. The Morgan fingerprint density at radius 3 is 2.42 bits per heavy atom. The van der Waals surface area contributed by atoms with E-state index in [0.29, 0.717) is 4.31 Å². The van der Waals surface area contributed by atoms with Crippen molar-refractivity contribution in [1.29, 1.82) is 0 Å². The zero-order chi connectivity index (χ0) is 9.35. The van der Waals surface area contributed by atoms with Crippen LogP contribution in [0.5, 0.6) is 0 Å². The van der Waals surface area contributed by atoms with E-state index in [2.05, 4.69) is 5.14 Å². The lowest BCUT2D eigenvalue weighted by molar-refractivity contribution is -0.137. The molecule has 6 nitrogen and oxygen atoms in total. The molecular formula is C4H6N2O4S2. The normalized spacial score (nSPS) is 19.9. The molecule has 0 spiro atoms. The molecule has 0 radical (unpaired) electrons. The second-order valence-corrected chi connectivity index (χ2v) is 4.60. The highest BCUT2D eigenvalue weighted by atomic mass is 32.2. The zero-order valence-electron chi connectivity index (χ0n) is 5.89. The van der Waals surface area contributed by atoms with Crippen LogP contribution in [0.15, 0.2) is 0 Å². The largest absolute Gasteiger partial charge is 0.315 e. The summed E-state index contributed by atoms with van der Waals surface area (Å²) in [4.78, 5) is 21.6. The summed E-state index contributed by atoms with van der Waals surface area (Å²) in [6.45, 7) is -0.0337. The standard InChI is InChI=1S/C4H6N2O4S2/c5-12(9,10)6-1-2-11-4(8)3(6)7/h1-2H2,(H2,5,9,10). The summed E-state index contributed by atoms with van der Waals surface area (Å²) in [5.74, 6) is -0.796. The van der Waals surface area contributed by atoms with Gasteiger partial charge in [-0.15, -0.1) is 0 Å². The van der Waals surface area contributed by atoms with Gasteiger partial charge >= 0.3 is 16.1 Å². The Kier molecular flexibility index (Phi) is 2.40. The van der Waals surface area contributed by atoms with E-state index >= 15 is 0 Å². The molecule has 0 bridgehead atoms. The molecule has 1 saturated heterocycles. The molecule has 0 aromatic rings. The quantitative estimate of drug-likeness (QED) is 0.520. The molecular weight excluding hydrogens is 204 g/mol. The average molecular weight is 210 g/mol. The van der Waals surface area contributed by atoms with Gasteiger partial charge in [0.1, 0.15) is 0 Å². The van der Waals surface area contributed by atoms with Crippen LogP contribution in [0.1, 0.15) is 0 Å². The molecule has 1 amide bonds. The molecule has 8 heteroatoms. The number of hydrogen-bond donors (Lipinski definition) is 1. The summed E-state index contributed by atoms with van der Waals surface area (Å²) in [5.41, 5.74) is 0. The smallest absolute Gasteiger partial charge is 0.276 e. The number of carbonyl (C=O) groups is 2. The van der Waals surface area contributed by atoms with Crippen LogP contribution in [-0.2, 0) is 19.8 Å². The van der Waals surface area contributed by atoms with Crippen LogP contribution in [-0.4, -0.2) is 36.0 Å². The van der Waals surface area contributed by atoms with Crippen molar-refractivity contribution in [1.82, 2.24) is 4.31 Å². The van der Waals surface area contributed by atoms with Crippen LogP contribution < -0.4 is 5.14 Å². The van der Waals surface area contributed by atoms with Crippen LogP contribution in [0.4, 0.5) is 0 Å². The molecule has 0 atom stereocenters. The fourth-order valence-electron chi connectivity index (χ4n) is 0.729. The minimum Gasteiger partial charge on any atom is -0.276 e. The van der Waals surface area contributed by atoms with Crippen molar-refractivity contribution >= 4 is 33.0 Å². The predicted octanol–water partition coefficient (Wildman–Crippen LogP) is -1.71. The molecule has 0 aliphatic carbocycles. The van der Waals surface area contributed by atoms with Crippen molar-refractivity contribution in [2.45, 2.75) is 0 Å². The van der Waals surface area contributed by atoms with E-state index in [4.69, 9.17) is 0 Å². The van der Waals surface area contributed by atoms with Gasteiger partial charge in [-0.1, -0.05) is 11.8 Å². The minimum atomic E-state index is -4.06. The van der Waals surface area contributed by atoms with Gasteiger partial charge in [-0.2, -0.15) is 8.42 Å². The van der Waals surface area contributed by atoms with Crippen LogP contribution in [0.25, 0.3) is 0 Å². The van der Waals surface area contributed by atoms with Crippen LogP contribution >= 0.6 is 11.8 Å². The van der Waals surface area contributed by atoms with E-state index < -0.39 is 21.2 Å². The highest BCUT2D eigenvalue weighted by Crippen LogP contribution is 2.13. The molecule has 0 unspecified atom stereocenters. The van der Waals surface area contributed by atoms with Gasteiger partial charge in [0.25, 0.3) is 5.12 Å². The third kappa shape index (κ3) is 1.76. The molecule has 68 valence electrons. The molecule has 12 heavy (non-hydrogen) atoms. The van der Waals surface area contributed by atoms with Crippen molar-refractivity contribution in [2.75, 3.05) is 12.3 Å². The van der Waals surface area contributed by atoms with E-state index in [1.165, 1.54) is 0 Å². The fourth-order valence-corrected chi connectivity index (χ4v) is 2.26. The SMILES string of the molecule is NS(=O)(=O)N1CCSC(=O)C1=O. The molecule has 0 aromatic carbocycles. The van der Waals surface area contributed by atoms with Gasteiger partial charge in [0, 0.05) is 12.3 Å². The highest BCUT2D eigenvalue weighted by molar-refractivity contribution is 8.15. The predicted molar refractivity (Wildman–Crippen MR) is 42.3 cm³/mol. The average Bonchev–Trinajstić information content (AvgIpc) is 1.92. The second kappa shape index (κ2) is 3.04. The van der Waals surface area contributed by atoms with E-state index in [0.717, 1.165) is 11.8 Å². The lowest BCUT2D eigenvalue weighted by Gasteiger charge is -2.21. The summed E-state index contributed by atoms with van der Waals surface area (Å²) >= 11 is 0.796. The third-order valence-electron chi connectivity index (χ3n) is 1.24. The first-order valence-corrected chi connectivity index (χ1v) is 5.43. The summed E-state index contributed by atoms with van der Waals surface area (Å²) in [5, 5.41) is 3.90. The number of amides is 1. The van der Waals surface area contributed by atoms with Crippen molar-refractivity contribution in [2.24, 2.45) is 5.14 Å².